The van der Waals surface area contributed by atoms with Crippen LogP contribution in [0.5, 0.6) is 0 Å². The number of amidine groups is 1. The van der Waals surface area contributed by atoms with E-state index in [1.165, 1.54) is 18.3 Å². The van der Waals surface area contributed by atoms with E-state index in [1.807, 2.05) is 30.3 Å². The first-order valence-electron chi connectivity index (χ1n) is 6.73. The molecular formula is C17H16FN3O. The molecule has 0 bridgehead atoms. The third-order valence-corrected chi connectivity index (χ3v) is 2.82. The molecule has 1 amide bonds. The van der Waals surface area contributed by atoms with Gasteiger partial charge in [0.15, 0.2) is 0 Å². The second kappa shape index (κ2) is 7.73. The maximum Gasteiger partial charge on any atom is 0.252 e. The third-order valence-electron chi connectivity index (χ3n) is 2.82. The standard InChI is InChI=1S/C17H16FN3O/c18-14-8-4-5-9-15(14)20-11-10-16(19)21-17(22)12-13-6-2-1-3-7-13/h1-11,20H,12H2,(H2,19,21,22)/b11-10-. The van der Waals surface area contributed by atoms with Gasteiger partial charge >= 0.3 is 0 Å². The number of nitrogens with two attached hydrogens (primary N) is 1. The zero-order valence-corrected chi connectivity index (χ0v) is 11.9. The molecule has 0 radical (unpaired) electrons. The average molecular weight is 297 g/mol. The quantitative estimate of drug-likeness (QED) is 0.658. The normalized spacial score (nSPS) is 11.6. The molecule has 112 valence electrons. The highest BCUT2D eigenvalue weighted by molar-refractivity contribution is 6.00. The van der Waals surface area contributed by atoms with Crippen LogP contribution >= 0.6 is 0 Å². The van der Waals surface area contributed by atoms with Gasteiger partial charge in [0, 0.05) is 6.20 Å². The second-order valence-electron chi connectivity index (χ2n) is 4.55. The Morgan fingerprint density at radius 3 is 2.55 bits per heavy atom. The zero-order valence-electron chi connectivity index (χ0n) is 11.9. The second-order valence-corrected chi connectivity index (χ2v) is 4.55. The molecule has 3 N–H and O–H groups in total. The van der Waals surface area contributed by atoms with E-state index in [9.17, 15) is 9.18 Å². The summed E-state index contributed by atoms with van der Waals surface area (Å²) >= 11 is 0. The molecule has 5 heteroatoms. The van der Waals surface area contributed by atoms with Crippen molar-refractivity contribution in [3.05, 3.63) is 78.3 Å². The van der Waals surface area contributed by atoms with Gasteiger partial charge in [0.05, 0.1) is 12.1 Å². The van der Waals surface area contributed by atoms with Crippen molar-refractivity contribution in [1.29, 1.82) is 0 Å². The fourth-order valence-corrected chi connectivity index (χ4v) is 1.79. The van der Waals surface area contributed by atoms with Crippen molar-refractivity contribution in [1.82, 2.24) is 0 Å². The van der Waals surface area contributed by atoms with Crippen LogP contribution in [0.3, 0.4) is 0 Å². The molecule has 0 unspecified atom stereocenters. The lowest BCUT2D eigenvalue weighted by atomic mass is 10.1. The van der Waals surface area contributed by atoms with E-state index in [-0.39, 0.29) is 24.0 Å². The van der Waals surface area contributed by atoms with Crippen LogP contribution in [0.4, 0.5) is 10.1 Å². The summed E-state index contributed by atoms with van der Waals surface area (Å²) < 4.78 is 13.4. The van der Waals surface area contributed by atoms with Gasteiger partial charge in [-0.1, -0.05) is 42.5 Å². The number of rotatable bonds is 5. The predicted molar refractivity (Wildman–Crippen MR) is 85.9 cm³/mol. The number of hydrogen-bond donors (Lipinski definition) is 2. The predicted octanol–water partition coefficient (Wildman–Crippen LogP) is 2.88. The number of hydrogen-bond acceptors (Lipinski definition) is 2. The van der Waals surface area contributed by atoms with Crippen molar-refractivity contribution in [3.8, 4) is 0 Å². The molecule has 0 spiro atoms. The first kappa shape index (κ1) is 15.4. The fourth-order valence-electron chi connectivity index (χ4n) is 1.79. The number of carbonyl (C=O) groups is 1. The van der Waals surface area contributed by atoms with Crippen LogP contribution in [0, 0.1) is 5.82 Å². The fraction of sp³-hybridized carbons (Fsp3) is 0.0588. The summed E-state index contributed by atoms with van der Waals surface area (Å²) in [6.07, 6.45) is 3.04. The van der Waals surface area contributed by atoms with Crippen LogP contribution in [0.1, 0.15) is 5.56 Å². The van der Waals surface area contributed by atoms with Crippen LogP contribution in [0.15, 0.2) is 71.9 Å². The van der Waals surface area contributed by atoms with Crippen LogP contribution in [-0.4, -0.2) is 11.7 Å². The van der Waals surface area contributed by atoms with E-state index in [1.54, 1.807) is 18.2 Å². The van der Waals surface area contributed by atoms with Gasteiger partial charge in [0.1, 0.15) is 11.7 Å². The molecular weight excluding hydrogens is 281 g/mol. The number of anilines is 1. The van der Waals surface area contributed by atoms with Gasteiger partial charge in [-0.15, -0.1) is 0 Å². The van der Waals surface area contributed by atoms with Crippen molar-refractivity contribution in [3.63, 3.8) is 0 Å². The Morgan fingerprint density at radius 1 is 1.14 bits per heavy atom. The van der Waals surface area contributed by atoms with Crippen LogP contribution < -0.4 is 11.1 Å². The Morgan fingerprint density at radius 2 is 1.82 bits per heavy atom. The highest BCUT2D eigenvalue weighted by atomic mass is 19.1. The monoisotopic (exact) mass is 297 g/mol. The summed E-state index contributed by atoms with van der Waals surface area (Å²) in [5.41, 5.74) is 6.83. The van der Waals surface area contributed by atoms with Gasteiger partial charge in [-0.2, -0.15) is 4.99 Å². The van der Waals surface area contributed by atoms with Crippen molar-refractivity contribution in [2.75, 3.05) is 5.32 Å². The van der Waals surface area contributed by atoms with Crippen molar-refractivity contribution >= 4 is 17.4 Å². The molecule has 0 aromatic heterocycles. The number of nitrogens with zero attached hydrogens (tertiary/aromatic N) is 1. The SMILES string of the molecule is NC(/C=C\Nc1ccccc1F)=NC(=O)Cc1ccccc1. The molecule has 2 aromatic carbocycles. The third kappa shape index (κ3) is 4.86. The first-order chi connectivity index (χ1) is 10.6. The summed E-state index contributed by atoms with van der Waals surface area (Å²) in [6, 6.07) is 15.5. The van der Waals surface area contributed by atoms with Crippen LogP contribution in [-0.2, 0) is 11.2 Å². The van der Waals surface area contributed by atoms with Gasteiger partial charge in [0.2, 0.25) is 0 Å². The van der Waals surface area contributed by atoms with Gasteiger partial charge < -0.3 is 11.1 Å². The molecule has 0 atom stereocenters. The lowest BCUT2D eigenvalue weighted by molar-refractivity contribution is -0.117. The molecule has 0 aliphatic heterocycles. The summed E-state index contributed by atoms with van der Waals surface area (Å²) in [4.78, 5) is 15.5. The van der Waals surface area contributed by atoms with E-state index in [0.29, 0.717) is 5.69 Å². The minimum absolute atomic E-state index is 0.0600. The van der Waals surface area contributed by atoms with Crippen molar-refractivity contribution < 1.29 is 9.18 Å². The Bertz CT molecular complexity index is 696. The molecule has 0 aliphatic rings. The average Bonchev–Trinajstić information content (AvgIpc) is 2.50. The van der Waals surface area contributed by atoms with E-state index in [4.69, 9.17) is 5.73 Å². The summed E-state index contributed by atoms with van der Waals surface area (Å²) in [6.45, 7) is 0. The molecule has 4 nitrogen and oxygen atoms in total. The maximum absolute atomic E-state index is 13.4. The lowest BCUT2D eigenvalue weighted by Gasteiger charge is -2.01. The van der Waals surface area contributed by atoms with E-state index in [0.717, 1.165) is 5.56 Å². The van der Waals surface area contributed by atoms with Crippen molar-refractivity contribution in [2.24, 2.45) is 10.7 Å². The minimum atomic E-state index is -0.372. The first-order valence-corrected chi connectivity index (χ1v) is 6.73. The number of aliphatic imine (C=N–C) groups is 1. The van der Waals surface area contributed by atoms with Crippen LogP contribution in [0.2, 0.25) is 0 Å². The topological polar surface area (TPSA) is 67.5 Å². The van der Waals surface area contributed by atoms with Crippen LogP contribution in [0.25, 0.3) is 0 Å². The Kier molecular flexibility index (Phi) is 5.43. The number of carbonyl (C=O) groups excluding carboxylic acids is 1. The molecule has 0 heterocycles. The summed E-state index contributed by atoms with van der Waals surface area (Å²) in [7, 11) is 0. The minimum Gasteiger partial charge on any atom is -0.384 e. The summed E-state index contributed by atoms with van der Waals surface area (Å²) in [5.74, 6) is -0.646. The molecule has 2 aromatic rings. The smallest absolute Gasteiger partial charge is 0.252 e. The van der Waals surface area contributed by atoms with E-state index in [2.05, 4.69) is 10.3 Å². The zero-order chi connectivity index (χ0) is 15.8. The molecule has 22 heavy (non-hydrogen) atoms. The molecule has 0 saturated heterocycles. The van der Waals surface area contributed by atoms with Gasteiger partial charge in [-0.25, -0.2) is 4.39 Å². The number of para-hydroxylation sites is 1. The largest absolute Gasteiger partial charge is 0.384 e. The molecule has 2 rings (SSSR count). The molecule has 0 saturated carbocycles. The Labute approximate surface area is 128 Å². The number of nitrogens with one attached hydrogen (secondary N) is 1. The Hall–Kier alpha value is -2.95. The van der Waals surface area contributed by atoms with E-state index >= 15 is 0 Å². The number of benzene rings is 2. The van der Waals surface area contributed by atoms with Gasteiger partial charge in [-0.3, -0.25) is 4.79 Å². The van der Waals surface area contributed by atoms with Crippen molar-refractivity contribution in [2.45, 2.75) is 6.42 Å². The maximum atomic E-state index is 13.4. The lowest BCUT2D eigenvalue weighted by Crippen LogP contribution is -2.13. The number of halogens is 1. The Balaban J connectivity index is 1.90. The molecule has 0 fully saturated rings. The van der Waals surface area contributed by atoms with E-state index < -0.39 is 0 Å². The summed E-state index contributed by atoms with van der Waals surface area (Å²) in [5, 5.41) is 2.74. The highest BCUT2D eigenvalue weighted by Crippen LogP contribution is 2.11. The number of amides is 1. The van der Waals surface area contributed by atoms with Gasteiger partial charge in [-0.05, 0) is 23.8 Å². The van der Waals surface area contributed by atoms with Gasteiger partial charge in [0.25, 0.3) is 5.91 Å². The highest BCUT2D eigenvalue weighted by Gasteiger charge is 2.01. The molecule has 0 aliphatic carbocycles.